The van der Waals surface area contributed by atoms with E-state index in [0.717, 1.165) is 46.8 Å². The zero-order chi connectivity index (χ0) is 24.2. The van der Waals surface area contributed by atoms with Gasteiger partial charge in [0.15, 0.2) is 11.0 Å². The molecule has 1 N–H and O–H groups in total. The van der Waals surface area contributed by atoms with Crippen molar-refractivity contribution < 1.29 is 19.1 Å². The predicted molar refractivity (Wildman–Crippen MR) is 134 cm³/mol. The molecule has 8 nitrogen and oxygen atoms in total. The van der Waals surface area contributed by atoms with E-state index in [9.17, 15) is 9.59 Å². The van der Waals surface area contributed by atoms with Crippen LogP contribution in [0.4, 0.5) is 5.00 Å². The van der Waals surface area contributed by atoms with E-state index >= 15 is 0 Å². The Morgan fingerprint density at radius 1 is 1.29 bits per heavy atom. The molecule has 0 aliphatic heterocycles. The molecule has 1 aliphatic rings. The minimum absolute atomic E-state index is 0.149. The van der Waals surface area contributed by atoms with Crippen LogP contribution in [0.5, 0.6) is 5.75 Å². The molecule has 2 heterocycles. The number of carbonyl (C=O) groups is 2. The molecule has 0 spiro atoms. The molecule has 0 radical (unpaired) electrons. The molecule has 3 aromatic rings. The van der Waals surface area contributed by atoms with Crippen molar-refractivity contribution in [3.63, 3.8) is 0 Å². The monoisotopic (exact) mass is 500 g/mol. The number of anilines is 1. The number of ether oxygens (including phenoxy) is 2. The molecule has 0 saturated heterocycles. The van der Waals surface area contributed by atoms with Crippen molar-refractivity contribution >= 4 is 40.0 Å². The van der Waals surface area contributed by atoms with Crippen LogP contribution in [-0.4, -0.2) is 46.6 Å². The minimum Gasteiger partial charge on any atom is -0.497 e. The zero-order valence-corrected chi connectivity index (χ0v) is 21.3. The molecule has 1 aromatic carbocycles. The maximum Gasteiger partial charge on any atom is 0.341 e. The highest BCUT2D eigenvalue weighted by Gasteiger charge is 2.29. The van der Waals surface area contributed by atoms with Crippen molar-refractivity contribution in [3.8, 4) is 17.1 Å². The Hall–Kier alpha value is -2.85. The van der Waals surface area contributed by atoms with E-state index in [-0.39, 0.29) is 11.7 Å². The first-order valence-electron chi connectivity index (χ1n) is 11.2. The Morgan fingerprint density at radius 3 is 2.85 bits per heavy atom. The van der Waals surface area contributed by atoms with E-state index in [1.54, 1.807) is 7.11 Å². The topological polar surface area (TPSA) is 95.3 Å². The second kappa shape index (κ2) is 10.6. The SMILES string of the molecule is CCn1c(SCC(=O)Nc2sc3c(c2C(=O)OC)CCC(C)C3)nnc1-c1cccc(OC)c1. The van der Waals surface area contributed by atoms with Crippen molar-refractivity contribution in [2.75, 3.05) is 25.3 Å². The summed E-state index contributed by atoms with van der Waals surface area (Å²) in [5, 5.41) is 12.8. The summed E-state index contributed by atoms with van der Waals surface area (Å²) in [6.45, 7) is 4.88. The molecule has 0 fully saturated rings. The number of methoxy groups -OCH3 is 2. The lowest BCUT2D eigenvalue weighted by atomic mass is 9.88. The summed E-state index contributed by atoms with van der Waals surface area (Å²) in [4.78, 5) is 26.5. The fourth-order valence-electron chi connectivity index (χ4n) is 4.11. The van der Waals surface area contributed by atoms with Crippen molar-refractivity contribution in [3.05, 3.63) is 40.3 Å². The molecule has 1 unspecified atom stereocenters. The largest absolute Gasteiger partial charge is 0.497 e. The van der Waals surface area contributed by atoms with Crippen LogP contribution in [0.3, 0.4) is 0 Å². The summed E-state index contributed by atoms with van der Waals surface area (Å²) >= 11 is 2.80. The molecular weight excluding hydrogens is 472 g/mol. The fraction of sp³-hybridized carbons (Fsp3) is 0.417. The molecule has 180 valence electrons. The van der Waals surface area contributed by atoms with Gasteiger partial charge in [0, 0.05) is 17.0 Å². The molecular formula is C24H28N4O4S2. The minimum atomic E-state index is -0.399. The summed E-state index contributed by atoms with van der Waals surface area (Å²) in [5.74, 6) is 1.58. The van der Waals surface area contributed by atoms with Crippen molar-refractivity contribution in [2.24, 2.45) is 5.92 Å². The molecule has 10 heteroatoms. The lowest BCUT2D eigenvalue weighted by Crippen LogP contribution is -2.17. The Bertz CT molecular complexity index is 1200. The van der Waals surface area contributed by atoms with E-state index < -0.39 is 5.97 Å². The number of hydrogen-bond acceptors (Lipinski definition) is 8. The van der Waals surface area contributed by atoms with E-state index in [4.69, 9.17) is 9.47 Å². The number of fused-ring (bicyclic) bond motifs is 1. The molecule has 1 amide bonds. The first kappa shape index (κ1) is 24.3. The highest BCUT2D eigenvalue weighted by Crippen LogP contribution is 2.40. The first-order chi connectivity index (χ1) is 16.4. The van der Waals surface area contributed by atoms with Crippen molar-refractivity contribution in [1.29, 1.82) is 0 Å². The number of thiophene rings is 1. The van der Waals surface area contributed by atoms with Gasteiger partial charge in [-0.1, -0.05) is 30.8 Å². The van der Waals surface area contributed by atoms with Gasteiger partial charge in [-0.25, -0.2) is 4.79 Å². The predicted octanol–water partition coefficient (Wildman–Crippen LogP) is 4.68. The Balaban J connectivity index is 1.49. The van der Waals surface area contributed by atoms with Crippen molar-refractivity contribution in [2.45, 2.75) is 44.8 Å². The normalized spacial score (nSPS) is 15.0. The number of nitrogens with zero attached hydrogens (tertiary/aromatic N) is 3. The smallest absolute Gasteiger partial charge is 0.341 e. The van der Waals surface area contributed by atoms with Crippen LogP contribution in [0.25, 0.3) is 11.4 Å². The Labute approximate surface area is 207 Å². The van der Waals surface area contributed by atoms with Crippen molar-refractivity contribution in [1.82, 2.24) is 14.8 Å². The number of amides is 1. The summed E-state index contributed by atoms with van der Waals surface area (Å²) < 4.78 is 12.3. The Kier molecular flexibility index (Phi) is 7.57. The van der Waals surface area contributed by atoms with E-state index in [2.05, 4.69) is 22.4 Å². The summed E-state index contributed by atoms with van der Waals surface area (Å²) in [6.07, 6.45) is 2.77. The molecule has 2 aromatic heterocycles. The second-order valence-corrected chi connectivity index (χ2v) is 10.2. The third kappa shape index (κ3) is 4.97. The van der Waals surface area contributed by atoms with Crippen LogP contribution in [0.1, 0.15) is 41.1 Å². The first-order valence-corrected chi connectivity index (χ1v) is 13.0. The quantitative estimate of drug-likeness (QED) is 0.354. The zero-order valence-electron chi connectivity index (χ0n) is 19.7. The molecule has 0 saturated carbocycles. The van der Waals surface area contributed by atoms with E-state index in [1.165, 1.54) is 30.2 Å². The van der Waals surface area contributed by atoms with Gasteiger partial charge in [0.2, 0.25) is 5.91 Å². The van der Waals surface area contributed by atoms with E-state index in [0.29, 0.717) is 28.2 Å². The number of hydrogen-bond donors (Lipinski definition) is 1. The Morgan fingerprint density at radius 2 is 2.12 bits per heavy atom. The van der Waals surface area contributed by atoms with Crippen LogP contribution in [-0.2, 0) is 28.9 Å². The van der Waals surface area contributed by atoms with Gasteiger partial charge in [-0.3, -0.25) is 4.79 Å². The van der Waals surface area contributed by atoms with Gasteiger partial charge < -0.3 is 19.4 Å². The van der Waals surface area contributed by atoms with Gasteiger partial charge >= 0.3 is 5.97 Å². The number of rotatable bonds is 8. The number of thioether (sulfide) groups is 1. The van der Waals surface area contributed by atoms with Gasteiger partial charge in [0.1, 0.15) is 10.8 Å². The van der Waals surface area contributed by atoms with Gasteiger partial charge in [0.05, 0.1) is 25.5 Å². The number of nitrogens with one attached hydrogen (secondary N) is 1. The third-order valence-electron chi connectivity index (χ3n) is 5.85. The van der Waals surface area contributed by atoms with Crippen LogP contribution < -0.4 is 10.1 Å². The summed E-state index contributed by atoms with van der Waals surface area (Å²) in [6, 6.07) is 7.64. The average molecular weight is 501 g/mol. The number of aromatic nitrogens is 3. The highest BCUT2D eigenvalue weighted by atomic mass is 32.2. The maximum absolute atomic E-state index is 12.8. The molecule has 1 aliphatic carbocycles. The molecule has 34 heavy (non-hydrogen) atoms. The number of carbonyl (C=O) groups excluding carboxylic acids is 2. The maximum atomic E-state index is 12.8. The van der Waals surface area contributed by atoms with Gasteiger partial charge in [-0.05, 0) is 49.8 Å². The summed E-state index contributed by atoms with van der Waals surface area (Å²) in [7, 11) is 3.00. The molecule has 0 bridgehead atoms. The number of esters is 1. The van der Waals surface area contributed by atoms with Crippen LogP contribution in [0.2, 0.25) is 0 Å². The number of benzene rings is 1. The van der Waals surface area contributed by atoms with E-state index in [1.807, 2.05) is 35.8 Å². The van der Waals surface area contributed by atoms with Crippen LogP contribution in [0, 0.1) is 5.92 Å². The second-order valence-electron chi connectivity index (χ2n) is 8.17. The lowest BCUT2D eigenvalue weighted by molar-refractivity contribution is -0.113. The standard InChI is InChI=1S/C24H28N4O4S2/c1-5-28-21(15-7-6-8-16(12-15)31-3)26-27-24(28)33-13-19(29)25-22-20(23(30)32-4)17-10-9-14(2)11-18(17)34-22/h6-8,12,14H,5,9-11,13H2,1-4H3,(H,25,29). The fourth-order valence-corrected chi connectivity index (χ4v) is 6.32. The molecule has 4 rings (SSSR count). The highest BCUT2D eigenvalue weighted by molar-refractivity contribution is 7.99. The lowest BCUT2D eigenvalue weighted by Gasteiger charge is -2.18. The average Bonchev–Trinajstić information content (AvgIpc) is 3.42. The summed E-state index contributed by atoms with van der Waals surface area (Å²) in [5.41, 5.74) is 2.42. The van der Waals surface area contributed by atoms with Crippen LogP contribution >= 0.6 is 23.1 Å². The van der Waals surface area contributed by atoms with Gasteiger partial charge in [-0.15, -0.1) is 21.5 Å². The molecule has 1 atom stereocenters. The van der Waals surface area contributed by atoms with Gasteiger partial charge in [0.25, 0.3) is 0 Å². The third-order valence-corrected chi connectivity index (χ3v) is 7.98. The van der Waals surface area contributed by atoms with Crippen LogP contribution in [0.15, 0.2) is 29.4 Å². The van der Waals surface area contributed by atoms with Gasteiger partial charge in [-0.2, -0.15) is 0 Å².